The summed E-state index contributed by atoms with van der Waals surface area (Å²) in [5.74, 6) is 0. The van der Waals surface area contributed by atoms with Crippen LogP contribution < -0.4 is 4.90 Å². The van der Waals surface area contributed by atoms with Gasteiger partial charge in [0.25, 0.3) is 0 Å². The van der Waals surface area contributed by atoms with E-state index < -0.39 is 0 Å². The molecule has 0 aliphatic heterocycles. The molecule has 2 aromatic carbocycles. The monoisotopic (exact) mass is 307 g/mol. The largest absolute Gasteiger partial charge is 0.367 e. The predicted octanol–water partition coefficient (Wildman–Crippen LogP) is 5.00. The van der Waals surface area contributed by atoms with Crippen molar-refractivity contribution in [1.82, 2.24) is 0 Å². The zero-order valence-electron chi connectivity index (χ0n) is 11.3. The van der Waals surface area contributed by atoms with Gasteiger partial charge in [0.1, 0.15) is 0 Å². The van der Waals surface area contributed by atoms with Crippen LogP contribution in [0.4, 0.5) is 5.69 Å². The second-order valence-corrected chi connectivity index (χ2v) is 5.47. The number of hydrogen-bond acceptors (Lipinski definition) is 2. The van der Waals surface area contributed by atoms with Crippen LogP contribution in [0.1, 0.15) is 28.9 Å². The molecule has 0 amide bonds. The molecule has 0 aliphatic rings. The molecular formula is C16H15Cl2NO. The average molecular weight is 308 g/mol. The topological polar surface area (TPSA) is 20.3 Å². The molecule has 2 nitrogen and oxygen atoms in total. The molecule has 0 saturated heterocycles. The Hall–Kier alpha value is -1.51. The van der Waals surface area contributed by atoms with E-state index >= 15 is 0 Å². The van der Waals surface area contributed by atoms with Crippen molar-refractivity contribution in [2.24, 2.45) is 0 Å². The third kappa shape index (κ3) is 2.97. The number of hydrogen-bond donors (Lipinski definition) is 0. The summed E-state index contributed by atoms with van der Waals surface area (Å²) in [5.41, 5.74) is 2.45. The Kier molecular flexibility index (Phi) is 4.69. The first-order valence-electron chi connectivity index (χ1n) is 6.26. The van der Waals surface area contributed by atoms with Crippen LogP contribution in [0.2, 0.25) is 10.0 Å². The molecule has 0 aromatic heterocycles. The summed E-state index contributed by atoms with van der Waals surface area (Å²) in [4.78, 5) is 13.3. The van der Waals surface area contributed by atoms with Gasteiger partial charge < -0.3 is 4.90 Å². The maximum Gasteiger partial charge on any atom is 0.153 e. The first kappa shape index (κ1) is 14.9. The van der Waals surface area contributed by atoms with Gasteiger partial charge in [-0.3, -0.25) is 4.79 Å². The standard InChI is InChI=1S/C16H15Cl2NO/c1-11(12-6-8-13(17)9-7-12)19(2)16-5-3-4-15(18)14(16)10-20/h3-11H,1-2H3. The van der Waals surface area contributed by atoms with E-state index in [0.29, 0.717) is 15.6 Å². The number of carbonyl (C=O) groups is 1. The lowest BCUT2D eigenvalue weighted by molar-refractivity contribution is 0.112. The molecule has 0 bridgehead atoms. The molecule has 1 atom stereocenters. The van der Waals surface area contributed by atoms with Crippen LogP contribution in [0.25, 0.3) is 0 Å². The van der Waals surface area contributed by atoms with Gasteiger partial charge in [-0.15, -0.1) is 0 Å². The normalized spacial score (nSPS) is 12.0. The molecule has 1 unspecified atom stereocenters. The average Bonchev–Trinajstić information content (AvgIpc) is 2.46. The Balaban J connectivity index is 2.35. The summed E-state index contributed by atoms with van der Waals surface area (Å²) in [6.07, 6.45) is 0.794. The van der Waals surface area contributed by atoms with Gasteiger partial charge in [-0.25, -0.2) is 0 Å². The number of nitrogens with zero attached hydrogens (tertiary/aromatic N) is 1. The maximum atomic E-state index is 11.2. The van der Waals surface area contributed by atoms with Crippen molar-refractivity contribution in [1.29, 1.82) is 0 Å². The van der Waals surface area contributed by atoms with Gasteiger partial charge in [-0.2, -0.15) is 0 Å². The van der Waals surface area contributed by atoms with Crippen molar-refractivity contribution in [3.05, 3.63) is 63.6 Å². The minimum Gasteiger partial charge on any atom is -0.367 e. The Morgan fingerprint density at radius 2 is 1.75 bits per heavy atom. The first-order chi connectivity index (χ1) is 9.54. The zero-order valence-corrected chi connectivity index (χ0v) is 12.8. The molecule has 0 radical (unpaired) electrons. The summed E-state index contributed by atoms with van der Waals surface area (Å²) in [6.45, 7) is 2.07. The van der Waals surface area contributed by atoms with E-state index in [4.69, 9.17) is 23.2 Å². The van der Waals surface area contributed by atoms with Gasteiger partial charge in [0, 0.05) is 17.8 Å². The lowest BCUT2D eigenvalue weighted by Gasteiger charge is -2.28. The number of rotatable bonds is 4. The van der Waals surface area contributed by atoms with Crippen LogP contribution in [0.3, 0.4) is 0 Å². The Morgan fingerprint density at radius 1 is 1.10 bits per heavy atom. The van der Waals surface area contributed by atoms with E-state index in [1.54, 1.807) is 6.07 Å². The fourth-order valence-corrected chi connectivity index (χ4v) is 2.46. The SMILES string of the molecule is CC(c1ccc(Cl)cc1)N(C)c1cccc(Cl)c1C=O. The van der Waals surface area contributed by atoms with E-state index in [9.17, 15) is 4.79 Å². The molecule has 4 heteroatoms. The van der Waals surface area contributed by atoms with Gasteiger partial charge in [0.2, 0.25) is 0 Å². The van der Waals surface area contributed by atoms with E-state index in [1.165, 1.54) is 0 Å². The number of benzene rings is 2. The fourth-order valence-electron chi connectivity index (χ4n) is 2.12. The van der Waals surface area contributed by atoms with Crippen molar-refractivity contribution in [3.63, 3.8) is 0 Å². The quantitative estimate of drug-likeness (QED) is 0.741. The lowest BCUT2D eigenvalue weighted by Crippen LogP contribution is -2.22. The molecule has 0 heterocycles. The van der Waals surface area contributed by atoms with Crippen LogP contribution in [0.15, 0.2) is 42.5 Å². The molecule has 20 heavy (non-hydrogen) atoms. The van der Waals surface area contributed by atoms with E-state index in [-0.39, 0.29) is 6.04 Å². The third-order valence-electron chi connectivity index (χ3n) is 3.46. The van der Waals surface area contributed by atoms with Gasteiger partial charge in [0.05, 0.1) is 16.6 Å². The highest BCUT2D eigenvalue weighted by atomic mass is 35.5. The maximum absolute atomic E-state index is 11.2. The summed E-state index contributed by atoms with van der Waals surface area (Å²) in [5, 5.41) is 1.17. The zero-order chi connectivity index (χ0) is 14.7. The first-order valence-corrected chi connectivity index (χ1v) is 7.02. The van der Waals surface area contributed by atoms with E-state index in [2.05, 4.69) is 6.92 Å². The summed E-state index contributed by atoms with van der Waals surface area (Å²) in [7, 11) is 1.94. The third-order valence-corrected chi connectivity index (χ3v) is 4.04. The number of halogens is 2. The molecule has 0 N–H and O–H groups in total. The van der Waals surface area contributed by atoms with Gasteiger partial charge in [0.15, 0.2) is 6.29 Å². The highest BCUT2D eigenvalue weighted by Gasteiger charge is 2.16. The summed E-state index contributed by atoms with van der Waals surface area (Å²) >= 11 is 12.0. The van der Waals surface area contributed by atoms with Crippen LogP contribution in [0.5, 0.6) is 0 Å². The van der Waals surface area contributed by atoms with Crippen molar-refractivity contribution < 1.29 is 4.79 Å². The smallest absolute Gasteiger partial charge is 0.153 e. The minimum atomic E-state index is 0.101. The second kappa shape index (κ2) is 6.29. The molecular weight excluding hydrogens is 293 g/mol. The number of aldehydes is 1. The van der Waals surface area contributed by atoms with Crippen molar-refractivity contribution in [3.8, 4) is 0 Å². The van der Waals surface area contributed by atoms with Crippen molar-refractivity contribution in [2.75, 3.05) is 11.9 Å². The molecule has 0 saturated carbocycles. The van der Waals surface area contributed by atoms with Crippen molar-refractivity contribution in [2.45, 2.75) is 13.0 Å². The Labute approximate surface area is 128 Å². The van der Waals surface area contributed by atoms with E-state index in [0.717, 1.165) is 17.5 Å². The van der Waals surface area contributed by atoms with Crippen LogP contribution in [0, 0.1) is 0 Å². The fraction of sp³-hybridized carbons (Fsp3) is 0.188. The lowest BCUT2D eigenvalue weighted by atomic mass is 10.1. The van der Waals surface area contributed by atoms with Gasteiger partial charge in [-0.05, 0) is 36.8 Å². The number of anilines is 1. The Bertz CT molecular complexity index is 610. The second-order valence-electron chi connectivity index (χ2n) is 4.63. The molecule has 0 aliphatic carbocycles. The van der Waals surface area contributed by atoms with Crippen LogP contribution in [-0.2, 0) is 0 Å². The summed E-state index contributed by atoms with van der Waals surface area (Å²) < 4.78 is 0. The number of carbonyl (C=O) groups excluding carboxylic acids is 1. The van der Waals surface area contributed by atoms with Gasteiger partial charge >= 0.3 is 0 Å². The molecule has 0 spiro atoms. The van der Waals surface area contributed by atoms with E-state index in [1.807, 2.05) is 48.3 Å². The molecule has 104 valence electrons. The molecule has 2 rings (SSSR count). The van der Waals surface area contributed by atoms with Crippen LogP contribution in [-0.4, -0.2) is 13.3 Å². The van der Waals surface area contributed by atoms with Crippen LogP contribution >= 0.6 is 23.2 Å². The highest BCUT2D eigenvalue weighted by molar-refractivity contribution is 6.33. The predicted molar refractivity (Wildman–Crippen MR) is 85.1 cm³/mol. The molecule has 2 aromatic rings. The van der Waals surface area contributed by atoms with Gasteiger partial charge in [-0.1, -0.05) is 41.4 Å². The summed E-state index contributed by atoms with van der Waals surface area (Å²) in [6, 6.07) is 13.2. The molecule has 0 fully saturated rings. The highest BCUT2D eigenvalue weighted by Crippen LogP contribution is 2.31. The minimum absolute atomic E-state index is 0.101. The van der Waals surface area contributed by atoms with Crippen molar-refractivity contribution >= 4 is 35.2 Å². The Morgan fingerprint density at radius 3 is 2.35 bits per heavy atom.